The molecule has 160 valence electrons. The highest BCUT2D eigenvalue weighted by molar-refractivity contribution is 7.13. The monoisotopic (exact) mass is 443 g/mol. The second kappa shape index (κ2) is 10.7. The van der Waals surface area contributed by atoms with E-state index in [9.17, 15) is 0 Å². The quantitative estimate of drug-likeness (QED) is 0.409. The molecule has 0 amide bonds. The number of aliphatic imine (C=N–C) groups is 1. The van der Waals surface area contributed by atoms with E-state index < -0.39 is 0 Å². The highest BCUT2D eigenvalue weighted by Gasteiger charge is 2.13. The molecule has 2 heterocycles. The van der Waals surface area contributed by atoms with E-state index in [1.807, 2.05) is 14.0 Å². The molecule has 3 rings (SSSR count). The Morgan fingerprint density at radius 3 is 2.60 bits per heavy atom. The number of nitrogens with one attached hydrogen (secondary N) is 1. The summed E-state index contributed by atoms with van der Waals surface area (Å²) in [5.41, 5.74) is 4.55. The minimum absolute atomic E-state index is 0.0226. The number of hydrogen-bond donors (Lipinski definition) is 1. The van der Waals surface area contributed by atoms with Crippen LogP contribution in [-0.4, -0.2) is 48.6 Å². The van der Waals surface area contributed by atoms with Crippen molar-refractivity contribution in [2.24, 2.45) is 4.99 Å². The topological polar surface area (TPSA) is 62.6 Å². The van der Waals surface area contributed by atoms with Gasteiger partial charge in [0.1, 0.15) is 16.1 Å². The zero-order chi connectivity index (χ0) is 21.5. The summed E-state index contributed by atoms with van der Waals surface area (Å²) in [6.45, 7) is 5.58. The number of guanidine groups is 1. The summed E-state index contributed by atoms with van der Waals surface area (Å²) in [7, 11) is 5.53. The summed E-state index contributed by atoms with van der Waals surface area (Å²) >= 11 is 3.32. The summed E-state index contributed by atoms with van der Waals surface area (Å²) in [6, 6.07) is 8.51. The maximum Gasteiger partial charge on any atom is 0.193 e. The number of aromatic nitrogens is 2. The number of nitrogens with zero attached hydrogens (tertiary/aromatic N) is 4. The van der Waals surface area contributed by atoms with Gasteiger partial charge in [0.05, 0.1) is 17.9 Å². The number of aryl methyl sites for hydroxylation is 1. The molecule has 0 spiro atoms. The maximum atomic E-state index is 5.35. The fourth-order valence-electron chi connectivity index (χ4n) is 2.94. The maximum absolute atomic E-state index is 5.35. The number of ether oxygens (including phenoxy) is 1. The fraction of sp³-hybridized carbons (Fsp3) is 0.409. The molecule has 0 saturated carbocycles. The van der Waals surface area contributed by atoms with Crippen molar-refractivity contribution in [3.05, 3.63) is 57.0 Å². The first-order chi connectivity index (χ1) is 14.5. The van der Waals surface area contributed by atoms with Gasteiger partial charge in [-0.15, -0.1) is 22.7 Å². The second-order valence-electron chi connectivity index (χ2n) is 7.15. The summed E-state index contributed by atoms with van der Waals surface area (Å²) in [4.78, 5) is 15.9. The van der Waals surface area contributed by atoms with Crippen molar-refractivity contribution < 1.29 is 4.74 Å². The smallest absolute Gasteiger partial charge is 0.193 e. The average Bonchev–Trinajstić information content (AvgIpc) is 3.41. The van der Waals surface area contributed by atoms with Crippen LogP contribution in [0, 0.1) is 6.92 Å². The van der Waals surface area contributed by atoms with Gasteiger partial charge in [-0.3, -0.25) is 4.99 Å². The number of hydrogen-bond acceptors (Lipinski definition) is 6. The van der Waals surface area contributed by atoms with Gasteiger partial charge in [-0.2, -0.15) is 0 Å². The van der Waals surface area contributed by atoms with E-state index >= 15 is 0 Å². The predicted octanol–water partition coefficient (Wildman–Crippen LogP) is 4.53. The Hall–Kier alpha value is -2.29. The summed E-state index contributed by atoms with van der Waals surface area (Å²) in [5, 5.41) is 9.71. The van der Waals surface area contributed by atoms with Crippen LogP contribution in [0.15, 0.2) is 40.0 Å². The van der Waals surface area contributed by atoms with E-state index in [0.717, 1.165) is 40.3 Å². The van der Waals surface area contributed by atoms with E-state index in [1.165, 1.54) is 11.1 Å². The Balaban J connectivity index is 1.50. The Kier molecular flexibility index (Phi) is 7.95. The van der Waals surface area contributed by atoms with Gasteiger partial charge in [0.2, 0.25) is 0 Å². The Morgan fingerprint density at radius 2 is 1.90 bits per heavy atom. The van der Waals surface area contributed by atoms with Crippen LogP contribution >= 0.6 is 22.7 Å². The molecule has 0 fully saturated rings. The standard InChI is InChI=1S/C22H29N5OS2/c1-15-6-8-17(9-7-15)21-25-18(13-30-21)10-11-24-22(23-3)27(4)12-19-14-29-20(26-19)16(2)28-5/h6-9,13-14,16H,10-12H2,1-5H3,(H,23,24). The van der Waals surface area contributed by atoms with Crippen LogP contribution in [0.5, 0.6) is 0 Å². The summed E-state index contributed by atoms with van der Waals surface area (Å²) < 4.78 is 5.35. The first-order valence-corrected chi connectivity index (χ1v) is 11.7. The minimum Gasteiger partial charge on any atom is -0.375 e. The van der Waals surface area contributed by atoms with Crippen molar-refractivity contribution in [2.45, 2.75) is 32.9 Å². The first-order valence-electron chi connectivity index (χ1n) is 9.90. The van der Waals surface area contributed by atoms with Gasteiger partial charge in [0.25, 0.3) is 0 Å². The molecule has 0 aliphatic heterocycles. The number of benzene rings is 1. The average molecular weight is 444 g/mol. The summed E-state index contributed by atoms with van der Waals surface area (Å²) in [5.74, 6) is 0.846. The molecule has 0 saturated heterocycles. The number of methoxy groups -OCH3 is 1. The van der Waals surface area contributed by atoms with Crippen molar-refractivity contribution in [1.82, 2.24) is 20.2 Å². The predicted molar refractivity (Wildman–Crippen MR) is 126 cm³/mol. The van der Waals surface area contributed by atoms with Crippen LogP contribution < -0.4 is 5.32 Å². The van der Waals surface area contributed by atoms with Crippen LogP contribution in [0.25, 0.3) is 10.6 Å². The molecular formula is C22H29N5OS2. The highest BCUT2D eigenvalue weighted by Crippen LogP contribution is 2.24. The van der Waals surface area contributed by atoms with Crippen molar-refractivity contribution in [1.29, 1.82) is 0 Å². The van der Waals surface area contributed by atoms with Crippen LogP contribution in [0.1, 0.15) is 35.0 Å². The van der Waals surface area contributed by atoms with Gasteiger partial charge < -0.3 is 15.0 Å². The zero-order valence-corrected chi connectivity index (χ0v) is 19.8. The molecule has 30 heavy (non-hydrogen) atoms. The van der Waals surface area contributed by atoms with Crippen molar-refractivity contribution in [2.75, 3.05) is 27.7 Å². The molecule has 0 aliphatic carbocycles. The van der Waals surface area contributed by atoms with Gasteiger partial charge in [-0.1, -0.05) is 29.8 Å². The van der Waals surface area contributed by atoms with Crippen LogP contribution in [0.3, 0.4) is 0 Å². The number of rotatable bonds is 8. The van der Waals surface area contributed by atoms with Crippen LogP contribution in [0.2, 0.25) is 0 Å². The molecule has 6 nitrogen and oxygen atoms in total. The lowest BCUT2D eigenvalue weighted by Crippen LogP contribution is -2.39. The molecule has 0 radical (unpaired) electrons. The summed E-state index contributed by atoms with van der Waals surface area (Å²) in [6.07, 6.45) is 0.871. The Bertz CT molecular complexity index is 964. The van der Waals surface area contributed by atoms with E-state index in [1.54, 1.807) is 36.8 Å². The molecule has 0 bridgehead atoms. The normalized spacial score (nSPS) is 12.8. The molecular weight excluding hydrogens is 414 g/mol. The van der Waals surface area contributed by atoms with Crippen molar-refractivity contribution in [3.63, 3.8) is 0 Å². The third-order valence-corrected chi connectivity index (χ3v) is 6.75. The van der Waals surface area contributed by atoms with Gasteiger partial charge in [0, 0.05) is 50.5 Å². The van der Waals surface area contributed by atoms with E-state index in [0.29, 0.717) is 6.54 Å². The molecule has 1 unspecified atom stereocenters. The first kappa shape index (κ1) is 22.4. The molecule has 1 N–H and O–H groups in total. The van der Waals surface area contributed by atoms with Gasteiger partial charge in [-0.05, 0) is 13.8 Å². The van der Waals surface area contributed by atoms with E-state index in [4.69, 9.17) is 9.72 Å². The number of thiazole rings is 2. The molecule has 3 aromatic rings. The van der Waals surface area contributed by atoms with Gasteiger partial charge in [-0.25, -0.2) is 9.97 Å². The third kappa shape index (κ3) is 5.87. The van der Waals surface area contributed by atoms with Gasteiger partial charge >= 0.3 is 0 Å². The van der Waals surface area contributed by atoms with Crippen molar-refractivity contribution in [3.8, 4) is 10.6 Å². The lowest BCUT2D eigenvalue weighted by atomic mass is 10.2. The molecule has 2 aromatic heterocycles. The van der Waals surface area contributed by atoms with E-state index in [-0.39, 0.29) is 6.10 Å². The lowest BCUT2D eigenvalue weighted by molar-refractivity contribution is 0.119. The van der Waals surface area contributed by atoms with Crippen LogP contribution in [-0.2, 0) is 17.7 Å². The Labute approximate surface area is 186 Å². The van der Waals surface area contributed by atoms with E-state index in [2.05, 4.69) is 62.1 Å². The van der Waals surface area contributed by atoms with Gasteiger partial charge in [0.15, 0.2) is 5.96 Å². The lowest BCUT2D eigenvalue weighted by Gasteiger charge is -2.21. The third-order valence-electron chi connectivity index (χ3n) is 4.76. The molecule has 1 aromatic carbocycles. The zero-order valence-electron chi connectivity index (χ0n) is 18.2. The SMILES string of the molecule is CN=C(NCCc1csc(-c2ccc(C)cc2)n1)N(C)Cc1csc(C(C)OC)n1. The molecule has 0 aliphatic rings. The molecule has 8 heteroatoms. The van der Waals surface area contributed by atoms with Crippen molar-refractivity contribution >= 4 is 28.6 Å². The fourth-order valence-corrected chi connectivity index (χ4v) is 4.64. The largest absolute Gasteiger partial charge is 0.375 e. The minimum atomic E-state index is 0.0226. The molecule has 1 atom stereocenters. The second-order valence-corrected chi connectivity index (χ2v) is 8.89. The highest BCUT2D eigenvalue weighted by atomic mass is 32.1. The van der Waals surface area contributed by atoms with Crippen LogP contribution in [0.4, 0.5) is 0 Å². The Morgan fingerprint density at radius 1 is 1.17 bits per heavy atom.